The molecule has 0 heterocycles. The molecule has 0 bridgehead atoms. The maximum atomic E-state index is 10.5. The largest absolute Gasteiger partial charge is 0.350 e. The van der Waals surface area contributed by atoms with Crippen LogP contribution in [-0.4, -0.2) is 16.7 Å². The molecule has 1 aromatic rings. The summed E-state index contributed by atoms with van der Waals surface area (Å²) in [6.45, 7) is 1.67. The van der Waals surface area contributed by atoms with Crippen LogP contribution in [-0.2, 0) is 0 Å². The fourth-order valence-electron chi connectivity index (χ4n) is 0.944. The molecule has 0 aliphatic rings. The Hall–Kier alpha value is -1.47. The summed E-state index contributed by atoms with van der Waals surface area (Å²) in [5.74, 6) is 0. The number of amides is 2. The van der Waals surface area contributed by atoms with Gasteiger partial charge in [-0.15, -0.1) is 0 Å². The molecule has 0 atom stereocenters. The number of hydrazone groups is 1. The number of nitrogens with two attached hydrogens (primary N) is 1. The average Bonchev–Trinajstić information content (AvgIpc) is 2.28. The minimum atomic E-state index is -0.726. The number of anilines is 1. The average molecular weight is 315 g/mol. The smallest absolute Gasteiger partial charge is 0.332 e. The number of hydrogen-bond acceptors (Lipinski definition) is 3. The van der Waals surface area contributed by atoms with E-state index in [1.807, 2.05) is 24.3 Å². The third-order valence-corrected chi connectivity index (χ3v) is 2.69. The number of nitrogens with one attached hydrogen (secondary N) is 2. The molecule has 0 saturated carbocycles. The fourth-order valence-corrected chi connectivity index (χ4v) is 1.37. The van der Waals surface area contributed by atoms with Crippen molar-refractivity contribution in [1.82, 2.24) is 5.43 Å². The number of urea groups is 1. The van der Waals surface area contributed by atoms with Crippen LogP contribution >= 0.6 is 28.1 Å². The first-order chi connectivity index (χ1) is 7.99. The Bertz CT molecular complexity index is 458. The second kappa shape index (κ2) is 6.31. The maximum absolute atomic E-state index is 10.5. The van der Waals surface area contributed by atoms with E-state index in [0.717, 1.165) is 10.2 Å². The summed E-state index contributed by atoms with van der Waals surface area (Å²) in [6.07, 6.45) is 0. The van der Waals surface area contributed by atoms with Gasteiger partial charge in [-0.3, -0.25) is 0 Å². The fraction of sp³-hybridized carbons (Fsp3) is 0.100. The van der Waals surface area contributed by atoms with Crippen molar-refractivity contribution in [1.29, 1.82) is 0 Å². The number of nitrogens with zero attached hydrogens (tertiary/aromatic N) is 1. The first-order valence-corrected chi connectivity index (χ1v) is 5.86. The first-order valence-electron chi connectivity index (χ1n) is 4.65. The molecule has 0 saturated heterocycles. The summed E-state index contributed by atoms with van der Waals surface area (Å²) in [5, 5.41) is 6.70. The molecule has 2 amide bonds. The van der Waals surface area contributed by atoms with Gasteiger partial charge in [0, 0.05) is 10.2 Å². The summed E-state index contributed by atoms with van der Waals surface area (Å²) in [5.41, 5.74) is 8.31. The number of thiocarbonyl (C=S) groups is 1. The molecule has 0 unspecified atom stereocenters. The zero-order valence-electron chi connectivity index (χ0n) is 9.03. The Morgan fingerprint density at radius 2 is 2.00 bits per heavy atom. The third kappa shape index (κ3) is 4.92. The number of rotatable bonds is 3. The molecular formula is C10H11BrN4OS. The van der Waals surface area contributed by atoms with Gasteiger partial charge in [0.05, 0.1) is 5.71 Å². The van der Waals surface area contributed by atoms with Crippen molar-refractivity contribution in [2.75, 3.05) is 5.32 Å². The highest BCUT2D eigenvalue weighted by Gasteiger charge is 2.02. The number of benzene rings is 1. The number of hydrogen-bond donors (Lipinski definition) is 3. The lowest BCUT2D eigenvalue weighted by Crippen LogP contribution is -2.28. The Balaban J connectivity index is 2.63. The van der Waals surface area contributed by atoms with Crippen LogP contribution < -0.4 is 16.5 Å². The highest BCUT2D eigenvalue weighted by atomic mass is 79.9. The maximum Gasteiger partial charge on any atom is 0.332 e. The van der Waals surface area contributed by atoms with Crippen LogP contribution in [0.5, 0.6) is 0 Å². The van der Waals surface area contributed by atoms with Crippen molar-refractivity contribution in [3.8, 4) is 0 Å². The molecule has 17 heavy (non-hydrogen) atoms. The van der Waals surface area contributed by atoms with Crippen LogP contribution in [0.1, 0.15) is 6.92 Å². The Morgan fingerprint density at radius 3 is 2.53 bits per heavy atom. The van der Waals surface area contributed by atoms with Crippen molar-refractivity contribution in [2.45, 2.75) is 6.92 Å². The lowest BCUT2D eigenvalue weighted by Gasteiger charge is -2.07. The Labute approximate surface area is 113 Å². The van der Waals surface area contributed by atoms with Crippen molar-refractivity contribution in [2.24, 2.45) is 10.8 Å². The summed E-state index contributed by atoms with van der Waals surface area (Å²) in [4.78, 5) is 10.9. The van der Waals surface area contributed by atoms with E-state index in [2.05, 4.69) is 31.8 Å². The van der Waals surface area contributed by atoms with Gasteiger partial charge in [-0.25, -0.2) is 10.2 Å². The van der Waals surface area contributed by atoms with Gasteiger partial charge in [0.15, 0.2) is 0 Å². The van der Waals surface area contributed by atoms with Gasteiger partial charge in [0.2, 0.25) is 0 Å². The number of carbonyl (C=O) groups excluding carboxylic acids is 1. The highest BCUT2D eigenvalue weighted by Crippen LogP contribution is 2.14. The molecule has 0 aromatic heterocycles. The van der Waals surface area contributed by atoms with Crippen LogP contribution in [0.4, 0.5) is 10.5 Å². The topological polar surface area (TPSA) is 79.5 Å². The molecule has 0 fully saturated rings. The van der Waals surface area contributed by atoms with E-state index in [1.165, 1.54) is 0 Å². The van der Waals surface area contributed by atoms with Crippen LogP contribution in [0, 0.1) is 0 Å². The van der Waals surface area contributed by atoms with Crippen molar-refractivity contribution < 1.29 is 4.79 Å². The predicted molar refractivity (Wildman–Crippen MR) is 76.2 cm³/mol. The molecule has 1 aromatic carbocycles. The lowest BCUT2D eigenvalue weighted by molar-refractivity contribution is 0.249. The quantitative estimate of drug-likeness (QED) is 0.455. The molecule has 0 radical (unpaired) electrons. The third-order valence-electron chi connectivity index (χ3n) is 1.76. The van der Waals surface area contributed by atoms with Crippen molar-refractivity contribution in [3.05, 3.63) is 28.7 Å². The van der Waals surface area contributed by atoms with Crippen LogP contribution in [0.3, 0.4) is 0 Å². The van der Waals surface area contributed by atoms with E-state index < -0.39 is 6.03 Å². The summed E-state index contributed by atoms with van der Waals surface area (Å²) < 4.78 is 0.981. The molecule has 0 spiro atoms. The van der Waals surface area contributed by atoms with Crippen LogP contribution in [0.2, 0.25) is 0 Å². The number of primary amides is 1. The van der Waals surface area contributed by atoms with Crippen LogP contribution in [0.25, 0.3) is 0 Å². The lowest BCUT2D eigenvalue weighted by atomic mass is 10.3. The van der Waals surface area contributed by atoms with E-state index in [4.69, 9.17) is 18.0 Å². The monoisotopic (exact) mass is 314 g/mol. The summed E-state index contributed by atoms with van der Waals surface area (Å²) in [6, 6.07) is 6.78. The van der Waals surface area contributed by atoms with Crippen molar-refractivity contribution >= 4 is 50.6 Å². The normalized spacial score (nSPS) is 10.8. The molecule has 5 nitrogen and oxygen atoms in total. The van der Waals surface area contributed by atoms with Gasteiger partial charge in [-0.05, 0) is 31.2 Å². The van der Waals surface area contributed by atoms with Crippen LogP contribution in [0.15, 0.2) is 33.8 Å². The molecule has 90 valence electrons. The van der Waals surface area contributed by atoms with Gasteiger partial charge in [0.25, 0.3) is 0 Å². The Morgan fingerprint density at radius 1 is 1.41 bits per heavy atom. The van der Waals surface area contributed by atoms with Gasteiger partial charge in [-0.2, -0.15) is 5.10 Å². The molecule has 0 aliphatic heterocycles. The van der Waals surface area contributed by atoms with Crippen molar-refractivity contribution in [3.63, 3.8) is 0 Å². The predicted octanol–water partition coefficient (Wildman–Crippen LogP) is 2.23. The minimum Gasteiger partial charge on any atom is -0.350 e. The van der Waals surface area contributed by atoms with E-state index in [-0.39, 0.29) is 0 Å². The molecule has 7 heteroatoms. The van der Waals surface area contributed by atoms with E-state index in [0.29, 0.717) is 10.7 Å². The van der Waals surface area contributed by atoms with Gasteiger partial charge in [0.1, 0.15) is 4.99 Å². The zero-order valence-corrected chi connectivity index (χ0v) is 11.4. The molecular weight excluding hydrogens is 304 g/mol. The van der Waals surface area contributed by atoms with Gasteiger partial charge >= 0.3 is 6.03 Å². The highest BCUT2D eigenvalue weighted by molar-refractivity contribution is 9.10. The summed E-state index contributed by atoms with van der Waals surface area (Å²) >= 11 is 8.43. The molecule has 0 aliphatic carbocycles. The van der Waals surface area contributed by atoms with E-state index in [9.17, 15) is 4.79 Å². The van der Waals surface area contributed by atoms with E-state index >= 15 is 0 Å². The van der Waals surface area contributed by atoms with Gasteiger partial charge < -0.3 is 11.1 Å². The number of carbonyl (C=O) groups is 1. The molecule has 1 rings (SSSR count). The number of halogens is 1. The standard InChI is InChI=1S/C10H11BrN4OS/c1-6(14-15-10(12)16)9(17)13-8-4-2-7(11)3-5-8/h2-5H,1H3,(H,13,17)(H3,12,15,16)/b14-6+. The van der Waals surface area contributed by atoms with Gasteiger partial charge in [-0.1, -0.05) is 28.1 Å². The SMILES string of the molecule is C/C(=N\NC(N)=O)C(=S)Nc1ccc(Br)cc1. The minimum absolute atomic E-state index is 0.418. The second-order valence-corrected chi connectivity index (χ2v) is 4.46. The zero-order chi connectivity index (χ0) is 12.8. The first kappa shape index (κ1) is 13.6. The second-order valence-electron chi connectivity index (χ2n) is 3.13. The Kier molecular flexibility index (Phi) is 5.05. The molecule has 4 N–H and O–H groups in total. The van der Waals surface area contributed by atoms with E-state index in [1.54, 1.807) is 6.92 Å². The summed E-state index contributed by atoms with van der Waals surface area (Å²) in [7, 11) is 0.